The normalized spacial score (nSPS) is 11.5. The molecule has 1 amide bonds. The fraction of sp³-hybridized carbons (Fsp3) is 0.800. The highest BCUT2D eigenvalue weighted by atomic mass is 31.1. The van der Waals surface area contributed by atoms with E-state index in [1.165, 1.54) is 5.48 Å². The van der Waals surface area contributed by atoms with E-state index in [-0.39, 0.29) is 6.10 Å². The van der Waals surface area contributed by atoms with Crippen LogP contribution in [0.25, 0.3) is 0 Å². The molecule has 0 aliphatic carbocycles. The largest absolute Gasteiger partial charge is 0.698 e. The molecule has 0 aliphatic heterocycles. The van der Waals surface area contributed by atoms with Gasteiger partial charge in [-0.2, -0.15) is 0 Å². The minimum absolute atomic E-state index is 0.231. The number of hydroxylamine groups is 1. The molecule has 7 heteroatoms. The summed E-state index contributed by atoms with van der Waals surface area (Å²) < 4.78 is 19.8. The first kappa shape index (κ1) is 11.4. The van der Waals surface area contributed by atoms with E-state index in [9.17, 15) is 9.36 Å². The number of nitrogens with one attached hydrogen (secondary N) is 1. The van der Waals surface area contributed by atoms with Crippen LogP contribution in [0.2, 0.25) is 0 Å². The van der Waals surface area contributed by atoms with Crippen molar-refractivity contribution in [2.75, 3.05) is 6.61 Å². The maximum Gasteiger partial charge on any atom is 0.698 e. The van der Waals surface area contributed by atoms with E-state index in [0.717, 1.165) is 0 Å². The van der Waals surface area contributed by atoms with Gasteiger partial charge in [-0.25, -0.2) is 5.48 Å². The molecule has 0 bridgehead atoms. The molecule has 0 aliphatic rings. The van der Waals surface area contributed by atoms with E-state index >= 15 is 0 Å². The summed E-state index contributed by atoms with van der Waals surface area (Å²) in [5.41, 5.74) is 1.33. The predicted molar refractivity (Wildman–Crippen MR) is 39.7 cm³/mol. The van der Waals surface area contributed by atoms with Crippen LogP contribution in [-0.2, 0) is 18.4 Å². The van der Waals surface area contributed by atoms with Crippen molar-refractivity contribution in [3.05, 3.63) is 0 Å². The van der Waals surface area contributed by atoms with E-state index in [2.05, 4.69) is 9.05 Å². The second-order valence-electron chi connectivity index (χ2n) is 2.19. The second kappa shape index (κ2) is 6.02. The number of amides is 1. The average Bonchev–Trinajstić information content (AvgIpc) is 1.99. The van der Waals surface area contributed by atoms with Crippen molar-refractivity contribution in [1.82, 2.24) is 5.48 Å². The molecule has 0 aromatic rings. The molecule has 1 atom stereocenters. The fourth-order valence-corrected chi connectivity index (χ4v) is 0.974. The number of rotatable bonds is 5. The maximum atomic E-state index is 10.7. The van der Waals surface area contributed by atoms with Crippen LogP contribution in [0.4, 0.5) is 0 Å². The smallest absolute Gasteiger partial charge is 0.289 e. The zero-order chi connectivity index (χ0) is 9.56. The standard InChI is InChI=1S/C5H10NO5P/c1-4(2)11-12(9)10-3-5(7)6-8/h4H,3H2,1-2H3,(H-,6,7,8)/p+1. The monoisotopic (exact) mass is 196 g/mol. The van der Waals surface area contributed by atoms with Gasteiger partial charge in [0.1, 0.15) is 6.10 Å². The molecule has 70 valence electrons. The SMILES string of the molecule is CC(C)O[P+](=O)OCC(=O)NO. The van der Waals surface area contributed by atoms with Crippen LogP contribution in [0.15, 0.2) is 0 Å². The highest BCUT2D eigenvalue weighted by molar-refractivity contribution is 7.33. The van der Waals surface area contributed by atoms with Gasteiger partial charge < -0.3 is 0 Å². The van der Waals surface area contributed by atoms with E-state index < -0.39 is 20.8 Å². The minimum atomic E-state index is -2.28. The topological polar surface area (TPSA) is 84.9 Å². The van der Waals surface area contributed by atoms with Crippen molar-refractivity contribution >= 4 is 14.2 Å². The molecule has 6 nitrogen and oxygen atoms in total. The molecule has 0 heterocycles. The van der Waals surface area contributed by atoms with Gasteiger partial charge >= 0.3 is 8.25 Å². The van der Waals surface area contributed by atoms with Gasteiger partial charge in [0.25, 0.3) is 5.91 Å². The first-order chi connectivity index (χ1) is 5.56. The zero-order valence-corrected chi connectivity index (χ0v) is 7.71. The average molecular weight is 196 g/mol. The van der Waals surface area contributed by atoms with Crippen LogP contribution >= 0.6 is 8.25 Å². The Morgan fingerprint density at radius 2 is 2.25 bits per heavy atom. The van der Waals surface area contributed by atoms with E-state index in [4.69, 9.17) is 5.21 Å². The quantitative estimate of drug-likeness (QED) is 0.382. The summed E-state index contributed by atoms with van der Waals surface area (Å²) in [4.78, 5) is 10.3. The van der Waals surface area contributed by atoms with Gasteiger partial charge in [0.05, 0.1) is 0 Å². The van der Waals surface area contributed by atoms with Gasteiger partial charge in [-0.3, -0.25) is 10.0 Å². The Labute approximate surface area is 70.8 Å². The molecule has 0 aromatic carbocycles. The Morgan fingerprint density at radius 1 is 1.67 bits per heavy atom. The molecule has 0 radical (unpaired) electrons. The lowest BCUT2D eigenvalue weighted by Crippen LogP contribution is -2.22. The van der Waals surface area contributed by atoms with E-state index in [1.54, 1.807) is 13.8 Å². The summed E-state index contributed by atoms with van der Waals surface area (Å²) in [5.74, 6) is -0.772. The van der Waals surface area contributed by atoms with Gasteiger partial charge in [-0.15, -0.1) is 9.05 Å². The van der Waals surface area contributed by atoms with Crippen LogP contribution in [0.3, 0.4) is 0 Å². The lowest BCUT2D eigenvalue weighted by atomic mass is 10.5. The van der Waals surface area contributed by atoms with Crippen molar-refractivity contribution in [3.63, 3.8) is 0 Å². The Balaban J connectivity index is 3.51. The van der Waals surface area contributed by atoms with Gasteiger partial charge in [-0.1, -0.05) is 0 Å². The third kappa shape index (κ3) is 6.18. The van der Waals surface area contributed by atoms with Crippen LogP contribution in [0, 0.1) is 0 Å². The lowest BCUT2D eigenvalue weighted by Gasteiger charge is -1.93. The highest BCUT2D eigenvalue weighted by Crippen LogP contribution is 2.25. The third-order valence-electron chi connectivity index (χ3n) is 0.723. The van der Waals surface area contributed by atoms with Gasteiger partial charge in [0, 0.05) is 4.57 Å². The highest BCUT2D eigenvalue weighted by Gasteiger charge is 2.23. The van der Waals surface area contributed by atoms with Gasteiger partial charge in [0.2, 0.25) is 0 Å². The molecule has 1 unspecified atom stereocenters. The summed E-state index contributed by atoms with van der Waals surface area (Å²) in [6.07, 6.45) is -0.231. The summed E-state index contributed by atoms with van der Waals surface area (Å²) in [6, 6.07) is 0. The molecule has 0 saturated carbocycles. The Bertz CT molecular complexity index is 171. The Hall–Kier alpha value is -0.550. The summed E-state index contributed by atoms with van der Waals surface area (Å²) in [6.45, 7) is 2.88. The number of carbonyl (C=O) groups is 1. The molecule has 0 aromatic heterocycles. The Morgan fingerprint density at radius 3 is 2.67 bits per heavy atom. The Kier molecular flexibility index (Phi) is 5.74. The zero-order valence-electron chi connectivity index (χ0n) is 6.81. The summed E-state index contributed by atoms with van der Waals surface area (Å²) in [7, 11) is -2.28. The second-order valence-corrected chi connectivity index (χ2v) is 3.10. The number of carbonyl (C=O) groups excluding carboxylic acids is 1. The number of hydrogen-bond acceptors (Lipinski definition) is 5. The summed E-state index contributed by atoms with van der Waals surface area (Å²) in [5, 5.41) is 8.01. The summed E-state index contributed by atoms with van der Waals surface area (Å²) >= 11 is 0. The van der Waals surface area contributed by atoms with Crippen LogP contribution < -0.4 is 5.48 Å². The van der Waals surface area contributed by atoms with Crippen molar-refractivity contribution in [1.29, 1.82) is 0 Å². The molecule has 2 N–H and O–H groups in total. The van der Waals surface area contributed by atoms with Crippen molar-refractivity contribution in [2.45, 2.75) is 20.0 Å². The first-order valence-electron chi connectivity index (χ1n) is 3.26. The molecule has 0 spiro atoms. The molecular weight excluding hydrogens is 185 g/mol. The van der Waals surface area contributed by atoms with Crippen LogP contribution in [0.1, 0.15) is 13.8 Å². The van der Waals surface area contributed by atoms with Crippen molar-refractivity contribution in [3.8, 4) is 0 Å². The number of hydrogen-bond donors (Lipinski definition) is 2. The first-order valence-corrected chi connectivity index (χ1v) is 4.35. The molecule has 0 fully saturated rings. The lowest BCUT2D eigenvalue weighted by molar-refractivity contribution is -0.131. The minimum Gasteiger partial charge on any atom is -0.289 e. The van der Waals surface area contributed by atoms with Crippen molar-refractivity contribution in [2.24, 2.45) is 0 Å². The van der Waals surface area contributed by atoms with Crippen LogP contribution in [-0.4, -0.2) is 23.8 Å². The van der Waals surface area contributed by atoms with E-state index in [1.807, 2.05) is 0 Å². The third-order valence-corrected chi connectivity index (χ3v) is 1.66. The maximum absolute atomic E-state index is 10.7. The van der Waals surface area contributed by atoms with E-state index in [0.29, 0.717) is 0 Å². The molecule has 0 saturated heterocycles. The van der Waals surface area contributed by atoms with Gasteiger partial charge in [0.15, 0.2) is 6.61 Å². The van der Waals surface area contributed by atoms with Crippen molar-refractivity contribution < 1.29 is 23.6 Å². The van der Waals surface area contributed by atoms with Gasteiger partial charge in [-0.05, 0) is 13.8 Å². The molecular formula is C5H11NO5P+. The predicted octanol–water partition coefficient (Wildman–Crippen LogP) is 0.591. The molecule has 12 heavy (non-hydrogen) atoms. The van der Waals surface area contributed by atoms with Crippen LogP contribution in [0.5, 0.6) is 0 Å². The molecule has 0 rings (SSSR count). The fourth-order valence-electron chi connectivity index (χ4n) is 0.346.